The zero-order valence-electron chi connectivity index (χ0n) is 19.3. The van der Waals surface area contributed by atoms with Crippen LogP contribution in [0.2, 0.25) is 0 Å². The highest BCUT2D eigenvalue weighted by molar-refractivity contribution is 7.11. The molecule has 0 aliphatic carbocycles. The number of Topliss-reactive ketones (excluding diaryl/α,β-unsaturated/α-hetero) is 1. The van der Waals surface area contributed by atoms with Crippen LogP contribution >= 0.6 is 22.7 Å². The van der Waals surface area contributed by atoms with Crippen LogP contribution in [0.25, 0.3) is 17.3 Å². The Hall–Kier alpha value is -3.53. The minimum Gasteiger partial charge on any atom is -0.288 e. The van der Waals surface area contributed by atoms with E-state index in [0.29, 0.717) is 20.4 Å². The van der Waals surface area contributed by atoms with Gasteiger partial charge in [0.1, 0.15) is 16.3 Å². The normalized spacial score (nSPS) is 12.5. The van der Waals surface area contributed by atoms with Gasteiger partial charge in [-0.05, 0) is 60.5 Å². The monoisotopic (exact) mass is 484 g/mol. The van der Waals surface area contributed by atoms with E-state index in [4.69, 9.17) is 0 Å². The van der Waals surface area contributed by atoms with E-state index in [-0.39, 0.29) is 16.9 Å². The van der Waals surface area contributed by atoms with Crippen LogP contribution in [0, 0.1) is 25.2 Å². The lowest BCUT2D eigenvalue weighted by molar-refractivity contribution is 0.105. The highest BCUT2D eigenvalue weighted by atomic mass is 32.1. The molecule has 0 unspecified atom stereocenters. The second kappa shape index (κ2) is 10.2. The predicted octanol–water partition coefficient (Wildman–Crippen LogP) is 4.92. The molecule has 4 rings (SSSR count). The van der Waals surface area contributed by atoms with E-state index in [1.807, 2.05) is 67.8 Å². The number of hydrogen-bond donors (Lipinski definition) is 0. The zero-order valence-corrected chi connectivity index (χ0v) is 20.9. The number of nitrogens with zero attached hydrogens (tertiary/aromatic N) is 2. The fourth-order valence-corrected chi connectivity index (χ4v) is 5.60. The SMILES string of the molecule is CCCc1ccc(C(=O)C(C#N)=c2sc(=Cc3cccs3)c(=O)n2-c2cc(C)ccc2C)cc1. The van der Waals surface area contributed by atoms with Crippen LogP contribution < -0.4 is 14.8 Å². The molecule has 0 amide bonds. The Labute approximate surface area is 206 Å². The number of aryl methyl sites for hydroxylation is 3. The molecule has 0 spiro atoms. The van der Waals surface area contributed by atoms with Crippen molar-refractivity contribution in [3.05, 3.63) is 107 Å². The van der Waals surface area contributed by atoms with Gasteiger partial charge in [-0.1, -0.05) is 55.8 Å². The smallest absolute Gasteiger partial charge is 0.273 e. The molecule has 0 saturated carbocycles. The fraction of sp³-hybridized carbons (Fsp3) is 0.179. The molecular weight excluding hydrogens is 460 g/mol. The van der Waals surface area contributed by atoms with Crippen LogP contribution in [0.15, 0.2) is 64.8 Å². The lowest BCUT2D eigenvalue weighted by Gasteiger charge is -2.09. The van der Waals surface area contributed by atoms with E-state index < -0.39 is 0 Å². The van der Waals surface area contributed by atoms with Crippen LogP contribution in [-0.2, 0) is 6.42 Å². The van der Waals surface area contributed by atoms with Gasteiger partial charge in [-0.3, -0.25) is 14.2 Å². The number of benzene rings is 2. The van der Waals surface area contributed by atoms with Gasteiger partial charge < -0.3 is 0 Å². The Morgan fingerprint density at radius 2 is 1.88 bits per heavy atom. The number of carbonyl (C=O) groups is 1. The molecule has 2 heterocycles. The molecule has 34 heavy (non-hydrogen) atoms. The Kier molecular flexibility index (Phi) is 7.06. The summed E-state index contributed by atoms with van der Waals surface area (Å²) in [6.07, 6.45) is 3.77. The minimum atomic E-state index is -0.381. The highest BCUT2D eigenvalue weighted by Gasteiger charge is 2.19. The minimum absolute atomic E-state index is 0.0305. The largest absolute Gasteiger partial charge is 0.288 e. The van der Waals surface area contributed by atoms with E-state index in [2.05, 4.69) is 13.0 Å². The van der Waals surface area contributed by atoms with E-state index in [0.717, 1.165) is 34.4 Å². The van der Waals surface area contributed by atoms with Crippen molar-refractivity contribution >= 4 is 40.1 Å². The van der Waals surface area contributed by atoms with E-state index in [1.54, 1.807) is 12.1 Å². The van der Waals surface area contributed by atoms with Gasteiger partial charge in [-0.15, -0.1) is 22.7 Å². The summed E-state index contributed by atoms with van der Waals surface area (Å²) in [5.41, 5.74) is 3.88. The third kappa shape index (κ3) is 4.72. The second-order valence-corrected chi connectivity index (χ2v) is 10.1. The molecule has 170 valence electrons. The number of aromatic nitrogens is 1. The average molecular weight is 485 g/mol. The van der Waals surface area contributed by atoms with Crippen molar-refractivity contribution in [3.63, 3.8) is 0 Å². The predicted molar refractivity (Wildman–Crippen MR) is 140 cm³/mol. The van der Waals surface area contributed by atoms with Crippen molar-refractivity contribution in [3.8, 4) is 11.8 Å². The molecule has 4 aromatic rings. The molecule has 4 nitrogen and oxygen atoms in total. The van der Waals surface area contributed by atoms with Gasteiger partial charge >= 0.3 is 0 Å². The molecule has 6 heteroatoms. The molecule has 0 N–H and O–H groups in total. The lowest BCUT2D eigenvalue weighted by Crippen LogP contribution is -2.32. The number of hydrogen-bond acceptors (Lipinski definition) is 5. The molecule has 0 fully saturated rings. The molecule has 0 atom stereocenters. The Bertz CT molecular complexity index is 1570. The first-order chi connectivity index (χ1) is 16.4. The van der Waals surface area contributed by atoms with Gasteiger partial charge in [0.2, 0.25) is 5.78 Å². The summed E-state index contributed by atoms with van der Waals surface area (Å²) in [5.74, 6) is -0.381. The summed E-state index contributed by atoms with van der Waals surface area (Å²) in [5, 5.41) is 12.0. The maximum absolute atomic E-state index is 13.6. The lowest BCUT2D eigenvalue weighted by atomic mass is 10.0. The summed E-state index contributed by atoms with van der Waals surface area (Å²) in [7, 11) is 0. The van der Waals surface area contributed by atoms with Gasteiger partial charge in [0.25, 0.3) is 5.56 Å². The van der Waals surface area contributed by atoms with Crippen molar-refractivity contribution in [2.75, 3.05) is 0 Å². The molecule has 0 aliphatic heterocycles. The van der Waals surface area contributed by atoms with Crippen molar-refractivity contribution < 1.29 is 4.79 Å². The fourth-order valence-electron chi connectivity index (χ4n) is 3.78. The Morgan fingerprint density at radius 1 is 1.12 bits per heavy atom. The van der Waals surface area contributed by atoms with Gasteiger partial charge in [0.15, 0.2) is 0 Å². The van der Waals surface area contributed by atoms with Crippen LogP contribution in [-0.4, -0.2) is 10.4 Å². The average Bonchev–Trinajstić information content (AvgIpc) is 3.45. The molecule has 0 saturated heterocycles. The summed E-state index contributed by atoms with van der Waals surface area (Å²) < 4.78 is 2.36. The topological polar surface area (TPSA) is 62.9 Å². The summed E-state index contributed by atoms with van der Waals surface area (Å²) >= 11 is 2.71. The Balaban J connectivity index is 2.01. The first-order valence-electron chi connectivity index (χ1n) is 11.1. The van der Waals surface area contributed by atoms with Crippen LogP contribution in [0.4, 0.5) is 0 Å². The first kappa shape index (κ1) is 23.6. The van der Waals surface area contributed by atoms with Gasteiger partial charge in [0, 0.05) is 10.4 Å². The molecule has 0 aliphatic rings. The number of thiazole rings is 1. The van der Waals surface area contributed by atoms with Crippen LogP contribution in [0.5, 0.6) is 0 Å². The molecule has 2 aromatic heterocycles. The standard InChI is InChI=1S/C28H24N2O2S2/c1-4-6-20-10-12-21(13-11-20)26(31)23(17-29)28-30(24-15-18(2)8-9-19(24)3)27(32)25(34-28)16-22-7-5-14-33-22/h5,7-16H,4,6H2,1-3H3. The zero-order chi connectivity index (χ0) is 24.2. The number of rotatable bonds is 6. The second-order valence-electron chi connectivity index (χ2n) is 8.12. The third-order valence-corrected chi connectivity index (χ3v) is 7.46. The summed E-state index contributed by atoms with van der Waals surface area (Å²) in [4.78, 5) is 28.0. The van der Waals surface area contributed by atoms with E-state index >= 15 is 0 Å². The van der Waals surface area contributed by atoms with Crippen molar-refractivity contribution in [1.82, 2.24) is 4.57 Å². The maximum atomic E-state index is 13.6. The molecule has 0 bridgehead atoms. The van der Waals surface area contributed by atoms with E-state index in [1.165, 1.54) is 27.2 Å². The first-order valence-corrected chi connectivity index (χ1v) is 12.7. The van der Waals surface area contributed by atoms with E-state index in [9.17, 15) is 14.9 Å². The van der Waals surface area contributed by atoms with Gasteiger partial charge in [-0.2, -0.15) is 5.26 Å². The molecular formula is C28H24N2O2S2. The number of thiophene rings is 1. The molecule has 0 radical (unpaired) electrons. The highest BCUT2D eigenvalue weighted by Crippen LogP contribution is 2.16. The van der Waals surface area contributed by atoms with Crippen LogP contribution in [0.1, 0.15) is 45.3 Å². The van der Waals surface area contributed by atoms with Gasteiger partial charge in [-0.25, -0.2) is 0 Å². The summed E-state index contributed by atoms with van der Waals surface area (Å²) in [6.45, 7) is 5.98. The molecule has 2 aromatic carbocycles. The number of carbonyl (C=O) groups excluding carboxylic acids is 1. The number of nitriles is 1. The number of ketones is 1. The van der Waals surface area contributed by atoms with Crippen molar-refractivity contribution in [2.24, 2.45) is 0 Å². The van der Waals surface area contributed by atoms with Crippen molar-refractivity contribution in [1.29, 1.82) is 5.26 Å². The summed E-state index contributed by atoms with van der Waals surface area (Å²) in [6, 6.07) is 19.2. The third-order valence-electron chi connectivity index (χ3n) is 5.55. The van der Waals surface area contributed by atoms with Gasteiger partial charge in [0.05, 0.1) is 10.2 Å². The Morgan fingerprint density at radius 3 is 2.53 bits per heavy atom. The van der Waals surface area contributed by atoms with Crippen molar-refractivity contribution in [2.45, 2.75) is 33.6 Å². The quantitative estimate of drug-likeness (QED) is 0.365. The van der Waals surface area contributed by atoms with Crippen LogP contribution in [0.3, 0.4) is 0 Å². The maximum Gasteiger partial charge on any atom is 0.273 e.